The van der Waals surface area contributed by atoms with Crippen molar-refractivity contribution in [2.24, 2.45) is 13.0 Å². The largest absolute Gasteiger partial charge is 0.457 e. The number of esters is 1. The summed E-state index contributed by atoms with van der Waals surface area (Å²) >= 11 is 0. The van der Waals surface area contributed by atoms with Crippen molar-refractivity contribution in [3.8, 4) is 0 Å². The van der Waals surface area contributed by atoms with E-state index in [1.807, 2.05) is 44.5 Å². The number of aromatic nitrogens is 1. The topological polar surface area (TPSA) is 106 Å². The van der Waals surface area contributed by atoms with Crippen LogP contribution in [0.4, 0.5) is 0 Å². The number of amides is 2. The third-order valence-corrected chi connectivity index (χ3v) is 7.08. The molecule has 1 aromatic heterocycles. The summed E-state index contributed by atoms with van der Waals surface area (Å²) < 4.78 is 7.13. The smallest absolute Gasteiger partial charge is 0.311 e. The summed E-state index contributed by atoms with van der Waals surface area (Å²) in [5.74, 6) is -1.86. The van der Waals surface area contributed by atoms with Crippen LogP contribution in [0, 0.1) is 19.8 Å². The fourth-order valence-electron chi connectivity index (χ4n) is 4.63. The standard InChI is InChI=1S/C28H37N3O5/c1-5-6-14-23(30-27(34)24-16-18(2)19(3)31(24)4)26(33)29-22-15-10-13-21(22)28(35)36-17-25(32)20-11-8-7-9-12-20/h7-9,11-12,16,21-23H,5-6,10,13-15,17H2,1-4H3,(H,29,33)(H,30,34)/t21-,22+,23+/m1/s1. The molecule has 194 valence electrons. The zero-order valence-corrected chi connectivity index (χ0v) is 21.6. The number of nitrogens with one attached hydrogen (secondary N) is 2. The SMILES string of the molecule is CCCC[C@H](NC(=O)c1cc(C)c(C)n1C)C(=O)N[C@H]1CCC[C@H]1C(=O)OCC(=O)c1ccccc1. The molecule has 2 N–H and O–H groups in total. The quantitative estimate of drug-likeness (QED) is 0.366. The van der Waals surface area contributed by atoms with Crippen LogP contribution in [0.25, 0.3) is 0 Å². The molecule has 1 aliphatic carbocycles. The molecule has 36 heavy (non-hydrogen) atoms. The van der Waals surface area contributed by atoms with Crippen molar-refractivity contribution in [2.45, 2.75) is 71.4 Å². The van der Waals surface area contributed by atoms with Gasteiger partial charge in [0.1, 0.15) is 11.7 Å². The minimum atomic E-state index is -0.704. The maximum Gasteiger partial charge on any atom is 0.311 e. The van der Waals surface area contributed by atoms with Crippen molar-refractivity contribution >= 4 is 23.6 Å². The molecule has 0 unspecified atom stereocenters. The van der Waals surface area contributed by atoms with Crippen molar-refractivity contribution in [1.29, 1.82) is 0 Å². The van der Waals surface area contributed by atoms with Gasteiger partial charge in [-0.05, 0) is 44.7 Å². The molecular weight excluding hydrogens is 458 g/mol. The molecule has 0 radical (unpaired) electrons. The number of Topliss-reactive ketones (excluding diaryl/α,β-unsaturated/α-hetero) is 1. The molecule has 1 saturated carbocycles. The van der Waals surface area contributed by atoms with Crippen LogP contribution in [-0.4, -0.2) is 46.8 Å². The van der Waals surface area contributed by atoms with Gasteiger partial charge in [-0.15, -0.1) is 0 Å². The van der Waals surface area contributed by atoms with Crippen molar-refractivity contribution in [3.05, 3.63) is 58.9 Å². The number of rotatable bonds is 11. The van der Waals surface area contributed by atoms with Gasteiger partial charge >= 0.3 is 5.97 Å². The van der Waals surface area contributed by atoms with Gasteiger partial charge in [-0.1, -0.05) is 56.5 Å². The maximum absolute atomic E-state index is 13.2. The lowest BCUT2D eigenvalue weighted by molar-refractivity contribution is -0.148. The lowest BCUT2D eigenvalue weighted by Gasteiger charge is -2.24. The highest BCUT2D eigenvalue weighted by molar-refractivity contribution is 5.98. The Morgan fingerprint density at radius 1 is 1.11 bits per heavy atom. The van der Waals surface area contributed by atoms with Crippen LogP contribution in [0.2, 0.25) is 0 Å². The van der Waals surface area contributed by atoms with Gasteiger partial charge in [0, 0.05) is 24.3 Å². The molecule has 0 aliphatic heterocycles. The van der Waals surface area contributed by atoms with Crippen LogP contribution >= 0.6 is 0 Å². The highest BCUT2D eigenvalue weighted by atomic mass is 16.5. The van der Waals surface area contributed by atoms with E-state index in [9.17, 15) is 19.2 Å². The molecule has 1 aromatic carbocycles. The average molecular weight is 496 g/mol. The van der Waals surface area contributed by atoms with E-state index in [-0.39, 0.29) is 24.2 Å². The van der Waals surface area contributed by atoms with Crippen LogP contribution in [0.1, 0.15) is 77.6 Å². The lowest BCUT2D eigenvalue weighted by Crippen LogP contribution is -2.51. The van der Waals surface area contributed by atoms with Gasteiger partial charge in [0.05, 0.1) is 5.92 Å². The van der Waals surface area contributed by atoms with Gasteiger partial charge in [-0.25, -0.2) is 0 Å². The second kappa shape index (κ2) is 12.5. The fraction of sp³-hybridized carbons (Fsp3) is 0.500. The minimum Gasteiger partial charge on any atom is -0.457 e. The molecule has 3 atom stereocenters. The highest BCUT2D eigenvalue weighted by Gasteiger charge is 2.37. The lowest BCUT2D eigenvalue weighted by atomic mass is 10.0. The van der Waals surface area contributed by atoms with Crippen molar-refractivity contribution < 1.29 is 23.9 Å². The van der Waals surface area contributed by atoms with E-state index < -0.39 is 24.0 Å². The Kier molecular flexibility index (Phi) is 9.44. The minimum absolute atomic E-state index is 0.268. The van der Waals surface area contributed by atoms with Crippen LogP contribution in [0.3, 0.4) is 0 Å². The number of hydrogen-bond acceptors (Lipinski definition) is 5. The van der Waals surface area contributed by atoms with Crippen LogP contribution in [0.15, 0.2) is 36.4 Å². The third-order valence-electron chi connectivity index (χ3n) is 7.08. The monoisotopic (exact) mass is 495 g/mol. The number of aryl methyl sites for hydroxylation is 1. The summed E-state index contributed by atoms with van der Waals surface area (Å²) in [5, 5.41) is 5.87. The number of ether oxygens (including phenoxy) is 1. The Morgan fingerprint density at radius 3 is 2.47 bits per heavy atom. The molecule has 0 saturated heterocycles. The predicted octanol–water partition coefficient (Wildman–Crippen LogP) is 3.64. The summed E-state index contributed by atoms with van der Waals surface area (Å²) in [6, 6.07) is 9.40. The highest BCUT2D eigenvalue weighted by Crippen LogP contribution is 2.27. The Hall–Kier alpha value is -3.42. The summed E-state index contributed by atoms with van der Waals surface area (Å²) in [5.41, 5.74) is 2.99. The molecule has 0 spiro atoms. The summed E-state index contributed by atoms with van der Waals surface area (Å²) in [6.07, 6.45) is 4.16. The van der Waals surface area contributed by atoms with E-state index in [0.717, 1.165) is 30.5 Å². The number of carbonyl (C=O) groups is 4. The van der Waals surface area contributed by atoms with Crippen molar-refractivity contribution in [2.75, 3.05) is 6.61 Å². The van der Waals surface area contributed by atoms with E-state index in [1.54, 1.807) is 24.3 Å². The van der Waals surface area contributed by atoms with Gasteiger partial charge in [0.25, 0.3) is 5.91 Å². The Morgan fingerprint density at radius 2 is 1.83 bits per heavy atom. The van der Waals surface area contributed by atoms with Gasteiger partial charge in [0.2, 0.25) is 5.91 Å². The number of nitrogens with zero attached hydrogens (tertiary/aromatic N) is 1. The van der Waals surface area contributed by atoms with Gasteiger partial charge < -0.3 is 19.9 Å². The van der Waals surface area contributed by atoms with E-state index in [1.165, 1.54) is 0 Å². The molecule has 3 rings (SSSR count). The number of hydrogen-bond donors (Lipinski definition) is 2. The first-order valence-electron chi connectivity index (χ1n) is 12.7. The van der Waals surface area contributed by atoms with Crippen LogP contribution in [-0.2, 0) is 21.4 Å². The van der Waals surface area contributed by atoms with Crippen molar-refractivity contribution in [1.82, 2.24) is 15.2 Å². The molecule has 8 heteroatoms. The van der Waals surface area contributed by atoms with E-state index in [4.69, 9.17) is 4.74 Å². The van der Waals surface area contributed by atoms with E-state index >= 15 is 0 Å². The van der Waals surface area contributed by atoms with Crippen LogP contribution in [0.5, 0.6) is 0 Å². The molecule has 2 aromatic rings. The molecule has 1 aliphatic rings. The molecule has 1 heterocycles. The zero-order valence-electron chi connectivity index (χ0n) is 21.6. The second-order valence-corrected chi connectivity index (χ2v) is 9.57. The summed E-state index contributed by atoms with van der Waals surface area (Å²) in [6.45, 7) is 5.59. The fourth-order valence-corrected chi connectivity index (χ4v) is 4.63. The van der Waals surface area contributed by atoms with Gasteiger partial charge in [-0.2, -0.15) is 0 Å². The number of unbranched alkanes of at least 4 members (excludes halogenated alkanes) is 1. The van der Waals surface area contributed by atoms with Gasteiger partial charge in [-0.3, -0.25) is 19.2 Å². The maximum atomic E-state index is 13.2. The molecule has 2 amide bonds. The third kappa shape index (κ3) is 6.62. The summed E-state index contributed by atoms with van der Waals surface area (Å²) in [4.78, 5) is 51.2. The molecular formula is C28H37N3O5. The Bertz CT molecular complexity index is 1090. The molecule has 8 nitrogen and oxygen atoms in total. The van der Waals surface area contributed by atoms with E-state index in [0.29, 0.717) is 30.5 Å². The predicted molar refractivity (Wildman–Crippen MR) is 137 cm³/mol. The van der Waals surface area contributed by atoms with E-state index in [2.05, 4.69) is 10.6 Å². The Balaban J connectivity index is 1.61. The number of benzene rings is 1. The first-order valence-corrected chi connectivity index (χ1v) is 12.7. The normalized spacial score (nSPS) is 17.9. The van der Waals surface area contributed by atoms with Crippen molar-refractivity contribution in [3.63, 3.8) is 0 Å². The second-order valence-electron chi connectivity index (χ2n) is 9.57. The molecule has 1 fully saturated rings. The van der Waals surface area contributed by atoms with Gasteiger partial charge in [0.15, 0.2) is 12.4 Å². The average Bonchev–Trinajstić information content (AvgIpc) is 3.44. The summed E-state index contributed by atoms with van der Waals surface area (Å²) in [7, 11) is 1.83. The number of ketones is 1. The first-order chi connectivity index (χ1) is 17.2. The first kappa shape index (κ1) is 27.2. The molecule has 0 bridgehead atoms. The van der Waals surface area contributed by atoms with Crippen LogP contribution < -0.4 is 10.6 Å². The number of carbonyl (C=O) groups excluding carboxylic acids is 4. The zero-order chi connectivity index (χ0) is 26.2. The Labute approximate surface area is 212 Å².